The molecule has 0 radical (unpaired) electrons. The normalized spacial score (nSPS) is 10.5. The highest BCUT2D eigenvalue weighted by molar-refractivity contribution is 6.30. The van der Waals surface area contributed by atoms with Gasteiger partial charge in [0.15, 0.2) is 5.78 Å². The highest BCUT2D eigenvalue weighted by atomic mass is 35.5. The number of rotatable bonds is 6. The first kappa shape index (κ1) is 16.8. The molecule has 2 rings (SSSR count). The number of carbonyl (C=O) groups excluding carboxylic acids is 2. The molecular weight excluding hydrogens is 314 g/mol. The van der Waals surface area contributed by atoms with Crippen LogP contribution in [0.4, 0.5) is 5.69 Å². The fraction of sp³-hybridized carbons (Fsp3) is 0.111. The molecule has 0 aliphatic carbocycles. The summed E-state index contributed by atoms with van der Waals surface area (Å²) in [6.07, 6.45) is 2.95. The summed E-state index contributed by atoms with van der Waals surface area (Å²) in [4.78, 5) is 23.6. The van der Waals surface area contributed by atoms with Gasteiger partial charge in [0.25, 0.3) is 0 Å². The van der Waals surface area contributed by atoms with Gasteiger partial charge in [-0.15, -0.1) is 0 Å². The van der Waals surface area contributed by atoms with E-state index in [0.717, 1.165) is 0 Å². The lowest BCUT2D eigenvalue weighted by molar-refractivity contribution is 0.0526. The molecule has 0 bridgehead atoms. The summed E-state index contributed by atoms with van der Waals surface area (Å²) < 4.78 is 4.94. The van der Waals surface area contributed by atoms with Crippen molar-refractivity contribution in [2.75, 3.05) is 11.9 Å². The van der Waals surface area contributed by atoms with E-state index in [-0.39, 0.29) is 11.8 Å². The van der Waals surface area contributed by atoms with Gasteiger partial charge in [-0.05, 0) is 49.4 Å². The van der Waals surface area contributed by atoms with Crippen LogP contribution >= 0.6 is 11.6 Å². The summed E-state index contributed by atoms with van der Waals surface area (Å²) in [6, 6.07) is 13.5. The molecule has 0 unspecified atom stereocenters. The Kier molecular flexibility index (Phi) is 5.94. The fourth-order valence-corrected chi connectivity index (χ4v) is 2.00. The minimum atomic E-state index is -0.377. The highest BCUT2D eigenvalue weighted by Gasteiger charge is 2.06. The fourth-order valence-electron chi connectivity index (χ4n) is 1.87. The van der Waals surface area contributed by atoms with Crippen LogP contribution in [0.25, 0.3) is 0 Å². The highest BCUT2D eigenvalue weighted by Crippen LogP contribution is 2.13. The molecule has 2 aromatic carbocycles. The first-order chi connectivity index (χ1) is 11.1. The molecule has 5 heteroatoms. The van der Waals surface area contributed by atoms with Gasteiger partial charge in [0.1, 0.15) is 0 Å². The van der Waals surface area contributed by atoms with Crippen LogP contribution in [-0.2, 0) is 4.74 Å². The van der Waals surface area contributed by atoms with Crippen LogP contribution in [0, 0.1) is 0 Å². The predicted octanol–water partition coefficient (Wildman–Crippen LogP) is 4.33. The number of esters is 1. The predicted molar refractivity (Wildman–Crippen MR) is 90.9 cm³/mol. The standard InChI is InChI=1S/C18H16ClNO3/c1-2-23-18(22)14-4-3-5-16(12-14)20-11-10-17(21)13-6-8-15(19)9-7-13/h3-12,20H,2H2,1H3/b11-10-. The van der Waals surface area contributed by atoms with E-state index in [2.05, 4.69) is 5.32 Å². The lowest BCUT2D eigenvalue weighted by Crippen LogP contribution is -2.04. The van der Waals surface area contributed by atoms with Crippen molar-refractivity contribution in [2.24, 2.45) is 0 Å². The van der Waals surface area contributed by atoms with Crippen molar-refractivity contribution >= 4 is 29.0 Å². The van der Waals surface area contributed by atoms with E-state index in [1.807, 2.05) is 0 Å². The number of carbonyl (C=O) groups is 2. The lowest BCUT2D eigenvalue weighted by atomic mass is 10.1. The third-order valence-corrected chi connectivity index (χ3v) is 3.24. The van der Waals surface area contributed by atoms with E-state index < -0.39 is 0 Å². The van der Waals surface area contributed by atoms with Gasteiger partial charge in [-0.3, -0.25) is 4.79 Å². The van der Waals surface area contributed by atoms with Gasteiger partial charge in [-0.25, -0.2) is 4.79 Å². The monoisotopic (exact) mass is 329 g/mol. The number of benzene rings is 2. The number of hydrogen-bond acceptors (Lipinski definition) is 4. The maximum atomic E-state index is 12.0. The van der Waals surface area contributed by atoms with Crippen LogP contribution in [0.2, 0.25) is 5.02 Å². The van der Waals surface area contributed by atoms with Gasteiger partial charge < -0.3 is 10.1 Å². The first-order valence-corrected chi connectivity index (χ1v) is 7.48. The van der Waals surface area contributed by atoms with E-state index in [4.69, 9.17) is 16.3 Å². The minimum absolute atomic E-state index is 0.143. The zero-order chi connectivity index (χ0) is 16.7. The van der Waals surface area contributed by atoms with Crippen molar-refractivity contribution in [2.45, 2.75) is 6.92 Å². The second kappa shape index (κ2) is 8.15. The molecule has 0 aliphatic heterocycles. The number of anilines is 1. The van der Waals surface area contributed by atoms with Crippen molar-refractivity contribution in [1.29, 1.82) is 0 Å². The van der Waals surface area contributed by atoms with Crippen LogP contribution in [0.1, 0.15) is 27.6 Å². The molecule has 23 heavy (non-hydrogen) atoms. The average Bonchev–Trinajstić information content (AvgIpc) is 2.56. The Morgan fingerprint density at radius 2 is 1.87 bits per heavy atom. The first-order valence-electron chi connectivity index (χ1n) is 7.10. The Labute approximate surface area is 139 Å². The molecular formula is C18H16ClNO3. The van der Waals surface area contributed by atoms with E-state index >= 15 is 0 Å². The lowest BCUT2D eigenvalue weighted by Gasteiger charge is -2.04. The maximum Gasteiger partial charge on any atom is 0.338 e. The third kappa shape index (κ3) is 4.97. The number of halogens is 1. The van der Waals surface area contributed by atoms with E-state index in [9.17, 15) is 9.59 Å². The number of ether oxygens (including phenoxy) is 1. The summed E-state index contributed by atoms with van der Waals surface area (Å²) in [5, 5.41) is 3.54. The van der Waals surface area contributed by atoms with Crippen LogP contribution in [0.3, 0.4) is 0 Å². The van der Waals surface area contributed by atoms with Gasteiger partial charge in [0, 0.05) is 28.5 Å². The number of nitrogens with one attached hydrogen (secondary N) is 1. The summed E-state index contributed by atoms with van der Waals surface area (Å²) in [5.41, 5.74) is 1.69. The average molecular weight is 330 g/mol. The van der Waals surface area contributed by atoms with Gasteiger partial charge in [0.05, 0.1) is 12.2 Å². The number of ketones is 1. The Balaban J connectivity index is 2.00. The van der Waals surface area contributed by atoms with Crippen LogP contribution in [0.15, 0.2) is 60.8 Å². The van der Waals surface area contributed by atoms with Gasteiger partial charge in [-0.1, -0.05) is 17.7 Å². The molecule has 0 saturated carbocycles. The van der Waals surface area contributed by atoms with Gasteiger partial charge in [0.2, 0.25) is 0 Å². The van der Waals surface area contributed by atoms with Crippen molar-refractivity contribution in [3.05, 3.63) is 77.0 Å². The molecule has 0 fully saturated rings. The van der Waals surface area contributed by atoms with Crippen LogP contribution in [-0.4, -0.2) is 18.4 Å². The summed E-state index contributed by atoms with van der Waals surface area (Å²) >= 11 is 5.78. The summed E-state index contributed by atoms with van der Waals surface area (Å²) in [5.74, 6) is -0.520. The Bertz CT molecular complexity index is 723. The minimum Gasteiger partial charge on any atom is -0.462 e. The molecule has 0 aliphatic rings. The molecule has 1 N–H and O–H groups in total. The summed E-state index contributed by atoms with van der Waals surface area (Å²) in [6.45, 7) is 2.08. The van der Waals surface area contributed by atoms with Crippen LogP contribution in [0.5, 0.6) is 0 Å². The molecule has 0 heterocycles. The van der Waals surface area contributed by atoms with Crippen molar-refractivity contribution in [1.82, 2.24) is 0 Å². The van der Waals surface area contributed by atoms with Gasteiger partial charge >= 0.3 is 5.97 Å². The molecule has 0 atom stereocenters. The van der Waals surface area contributed by atoms with Crippen molar-refractivity contribution in [3.63, 3.8) is 0 Å². The topological polar surface area (TPSA) is 55.4 Å². The SMILES string of the molecule is CCOC(=O)c1cccc(N/C=C\C(=O)c2ccc(Cl)cc2)c1. The molecule has 0 amide bonds. The third-order valence-electron chi connectivity index (χ3n) is 2.99. The maximum absolute atomic E-state index is 12.0. The smallest absolute Gasteiger partial charge is 0.338 e. The van der Waals surface area contributed by atoms with E-state index in [1.165, 1.54) is 12.3 Å². The van der Waals surface area contributed by atoms with Gasteiger partial charge in [-0.2, -0.15) is 0 Å². The largest absolute Gasteiger partial charge is 0.462 e. The Hall–Kier alpha value is -2.59. The van der Waals surface area contributed by atoms with Crippen molar-refractivity contribution < 1.29 is 14.3 Å². The second-order valence-corrected chi connectivity index (χ2v) is 5.09. The molecule has 2 aromatic rings. The van der Waals surface area contributed by atoms with Crippen LogP contribution < -0.4 is 5.32 Å². The second-order valence-electron chi connectivity index (χ2n) is 4.65. The molecule has 4 nitrogen and oxygen atoms in total. The Morgan fingerprint density at radius 1 is 1.13 bits per heavy atom. The van der Waals surface area contributed by atoms with Crippen molar-refractivity contribution in [3.8, 4) is 0 Å². The van der Waals surface area contributed by atoms with E-state index in [1.54, 1.807) is 55.5 Å². The number of allylic oxidation sites excluding steroid dienone is 1. The Morgan fingerprint density at radius 3 is 2.57 bits per heavy atom. The quantitative estimate of drug-likeness (QED) is 0.487. The zero-order valence-electron chi connectivity index (χ0n) is 12.6. The number of hydrogen-bond donors (Lipinski definition) is 1. The summed E-state index contributed by atoms with van der Waals surface area (Å²) in [7, 11) is 0. The molecule has 118 valence electrons. The molecule has 0 spiro atoms. The molecule has 0 saturated heterocycles. The molecule has 0 aromatic heterocycles. The van der Waals surface area contributed by atoms with E-state index in [0.29, 0.717) is 28.4 Å². The zero-order valence-corrected chi connectivity index (χ0v) is 13.3.